The van der Waals surface area contributed by atoms with Gasteiger partial charge < -0.3 is 36.0 Å². The Morgan fingerprint density at radius 1 is 0.957 bits per heavy atom. The normalized spacial score (nSPS) is 21.2. The van der Waals surface area contributed by atoms with E-state index in [0.29, 0.717) is 68.7 Å². The zero-order valence-corrected chi connectivity index (χ0v) is 28.5. The van der Waals surface area contributed by atoms with Crippen molar-refractivity contribution in [1.82, 2.24) is 29.8 Å². The summed E-state index contributed by atoms with van der Waals surface area (Å²) in [5.74, 6) is -0.0588. The third-order valence-corrected chi connectivity index (χ3v) is 10.8. The molecule has 3 fully saturated rings. The van der Waals surface area contributed by atoms with Crippen LogP contribution in [0.3, 0.4) is 0 Å². The lowest BCUT2D eigenvalue weighted by molar-refractivity contribution is -0.134. The van der Waals surface area contributed by atoms with Gasteiger partial charge in [-0.1, -0.05) is 35.9 Å². The van der Waals surface area contributed by atoms with Gasteiger partial charge in [0, 0.05) is 70.0 Å². The molecule has 4 heterocycles. The van der Waals surface area contributed by atoms with E-state index in [9.17, 15) is 14.4 Å². The van der Waals surface area contributed by atoms with Gasteiger partial charge in [-0.15, -0.1) is 0 Å². The zero-order chi connectivity index (χ0) is 33.1. The number of halogens is 1. The van der Waals surface area contributed by atoms with Crippen LogP contribution in [-0.4, -0.2) is 120 Å². The molecule has 4 N–H and O–H groups in total. The minimum atomic E-state index is -0.730. The molecule has 11 nitrogen and oxygen atoms in total. The Labute approximate surface area is 283 Å². The van der Waals surface area contributed by atoms with Gasteiger partial charge in [-0.25, -0.2) is 9.59 Å². The smallest absolute Gasteiger partial charge is 0.322 e. The first-order chi connectivity index (χ1) is 22.7. The van der Waals surface area contributed by atoms with E-state index < -0.39 is 6.04 Å². The van der Waals surface area contributed by atoms with Gasteiger partial charge in [-0.05, 0) is 88.0 Å². The molecule has 254 valence electrons. The van der Waals surface area contributed by atoms with E-state index >= 15 is 0 Å². The quantitative estimate of drug-likeness (QED) is 0.402. The monoisotopic (exact) mass is 664 g/mol. The number of likely N-dealkylation sites (N-methyl/N-ethyl adjacent to an activating group) is 1. The highest BCUT2D eigenvalue weighted by Gasteiger charge is 2.35. The summed E-state index contributed by atoms with van der Waals surface area (Å²) in [5.41, 5.74) is 10.3. The van der Waals surface area contributed by atoms with Crippen LogP contribution in [0.25, 0.3) is 0 Å². The minimum absolute atomic E-state index is 0.0376. The summed E-state index contributed by atoms with van der Waals surface area (Å²) in [6.45, 7) is 9.20. The third-order valence-electron chi connectivity index (χ3n) is 10.5. The summed E-state index contributed by atoms with van der Waals surface area (Å²) in [4.78, 5) is 51.2. The number of nitrogens with one attached hydrogen (secondary N) is 2. The Hall–Kier alpha value is -3.54. The van der Waals surface area contributed by atoms with E-state index in [0.717, 1.165) is 61.4 Å². The number of likely N-dealkylation sites (tertiary alicyclic amines) is 2. The highest BCUT2D eigenvalue weighted by molar-refractivity contribution is 6.33. The van der Waals surface area contributed by atoms with Crippen molar-refractivity contribution in [3.63, 3.8) is 0 Å². The summed E-state index contributed by atoms with van der Waals surface area (Å²) in [6.07, 6.45) is 4.72. The molecule has 0 spiro atoms. The van der Waals surface area contributed by atoms with Crippen LogP contribution in [0, 0.1) is 6.92 Å². The molecule has 5 amide bonds. The number of nitrogen functional groups attached to an aromatic ring is 1. The fourth-order valence-electron chi connectivity index (χ4n) is 7.62. The van der Waals surface area contributed by atoms with Gasteiger partial charge in [0.05, 0.1) is 10.7 Å². The first kappa shape index (κ1) is 33.4. The molecule has 1 atom stereocenters. The van der Waals surface area contributed by atoms with Crippen LogP contribution in [0.1, 0.15) is 48.8 Å². The van der Waals surface area contributed by atoms with Gasteiger partial charge in [0.2, 0.25) is 5.91 Å². The molecule has 6 rings (SSSR count). The number of benzene rings is 2. The predicted molar refractivity (Wildman–Crippen MR) is 186 cm³/mol. The average Bonchev–Trinajstić information content (AvgIpc) is 3.30. The molecule has 47 heavy (non-hydrogen) atoms. The number of urea groups is 2. The van der Waals surface area contributed by atoms with Gasteiger partial charge in [0.25, 0.3) is 0 Å². The lowest BCUT2D eigenvalue weighted by Gasteiger charge is -2.41. The van der Waals surface area contributed by atoms with Crippen LogP contribution >= 0.6 is 11.6 Å². The molecule has 2 aromatic carbocycles. The second kappa shape index (κ2) is 14.7. The van der Waals surface area contributed by atoms with E-state index in [1.807, 2.05) is 47.1 Å². The number of anilines is 2. The number of piperidine rings is 2. The summed E-state index contributed by atoms with van der Waals surface area (Å²) >= 11 is 6.43. The van der Waals surface area contributed by atoms with Gasteiger partial charge in [-0.2, -0.15) is 0 Å². The number of aryl methyl sites for hydroxylation is 1. The second-order valence-corrected chi connectivity index (χ2v) is 14.1. The predicted octanol–water partition coefficient (Wildman–Crippen LogP) is 3.99. The SMILES string of the molecule is Cc1cc(C[C@@H](NC(=O)N2CCC(N3Cc4ccccc4NC3=O)CC2)C(=O)N2CCC(N3CCCN(C)CC3)CC2)cc(Cl)c1N. The largest absolute Gasteiger partial charge is 0.397 e. The summed E-state index contributed by atoms with van der Waals surface area (Å²) in [7, 11) is 2.18. The lowest BCUT2D eigenvalue weighted by atomic mass is 9.98. The summed E-state index contributed by atoms with van der Waals surface area (Å²) in [5, 5.41) is 6.56. The van der Waals surface area contributed by atoms with Gasteiger partial charge in [0.1, 0.15) is 6.04 Å². The van der Waals surface area contributed by atoms with E-state index in [2.05, 4.69) is 27.5 Å². The number of para-hydroxylation sites is 1. The van der Waals surface area contributed by atoms with Crippen LogP contribution in [0.15, 0.2) is 36.4 Å². The Balaban J connectivity index is 1.09. The number of nitrogens with two attached hydrogens (primary N) is 1. The molecule has 0 aliphatic carbocycles. The van der Waals surface area contributed by atoms with Crippen LogP contribution in [0.5, 0.6) is 0 Å². The Bertz CT molecular complexity index is 1430. The van der Waals surface area contributed by atoms with Crippen LogP contribution in [-0.2, 0) is 17.8 Å². The van der Waals surface area contributed by atoms with Crippen LogP contribution in [0.2, 0.25) is 5.02 Å². The fourth-order valence-corrected chi connectivity index (χ4v) is 7.91. The van der Waals surface area contributed by atoms with Crippen molar-refractivity contribution in [1.29, 1.82) is 0 Å². The topological polar surface area (TPSA) is 117 Å². The molecule has 12 heteroatoms. The number of nitrogens with zero attached hydrogens (tertiary/aromatic N) is 5. The first-order valence-corrected chi connectivity index (χ1v) is 17.5. The Kier molecular flexibility index (Phi) is 10.4. The van der Waals surface area contributed by atoms with Crippen molar-refractivity contribution in [3.05, 3.63) is 58.1 Å². The van der Waals surface area contributed by atoms with Crippen LogP contribution in [0.4, 0.5) is 21.0 Å². The van der Waals surface area contributed by atoms with Crippen LogP contribution < -0.4 is 16.4 Å². The van der Waals surface area contributed by atoms with E-state index in [-0.39, 0.29) is 24.0 Å². The molecule has 0 saturated carbocycles. The molecule has 0 bridgehead atoms. The zero-order valence-electron chi connectivity index (χ0n) is 27.7. The van der Waals surface area contributed by atoms with E-state index in [1.54, 1.807) is 11.0 Å². The molecule has 0 radical (unpaired) electrons. The number of carbonyl (C=O) groups excluding carboxylic acids is 3. The van der Waals surface area contributed by atoms with Gasteiger partial charge in [0.15, 0.2) is 0 Å². The molecular formula is C35H49ClN8O3. The van der Waals surface area contributed by atoms with E-state index in [4.69, 9.17) is 17.3 Å². The first-order valence-electron chi connectivity index (χ1n) is 17.1. The maximum absolute atomic E-state index is 14.1. The highest BCUT2D eigenvalue weighted by Crippen LogP contribution is 2.29. The number of hydrogen-bond acceptors (Lipinski definition) is 6. The number of amides is 5. The minimum Gasteiger partial charge on any atom is -0.397 e. The maximum Gasteiger partial charge on any atom is 0.322 e. The molecule has 4 aliphatic rings. The number of fused-ring (bicyclic) bond motifs is 1. The van der Waals surface area contributed by atoms with Gasteiger partial charge in [-0.3, -0.25) is 9.69 Å². The van der Waals surface area contributed by atoms with Crippen molar-refractivity contribution in [3.8, 4) is 0 Å². The Morgan fingerprint density at radius 2 is 1.66 bits per heavy atom. The van der Waals surface area contributed by atoms with Crippen molar-refractivity contribution < 1.29 is 14.4 Å². The van der Waals surface area contributed by atoms with E-state index in [1.165, 1.54) is 6.42 Å². The second-order valence-electron chi connectivity index (χ2n) is 13.7. The third kappa shape index (κ3) is 7.79. The van der Waals surface area contributed by atoms with Crippen molar-refractivity contribution in [2.24, 2.45) is 0 Å². The van der Waals surface area contributed by atoms with Crippen molar-refractivity contribution in [2.75, 3.05) is 70.5 Å². The molecular weight excluding hydrogens is 616 g/mol. The lowest BCUT2D eigenvalue weighted by Crippen LogP contribution is -2.57. The number of rotatable bonds is 6. The average molecular weight is 665 g/mol. The molecule has 0 unspecified atom stereocenters. The van der Waals surface area contributed by atoms with Gasteiger partial charge >= 0.3 is 12.1 Å². The summed E-state index contributed by atoms with van der Waals surface area (Å²) < 4.78 is 0. The Morgan fingerprint density at radius 3 is 2.40 bits per heavy atom. The number of carbonyl (C=O) groups is 3. The molecule has 4 aliphatic heterocycles. The van der Waals surface area contributed by atoms with Crippen molar-refractivity contribution in [2.45, 2.75) is 70.1 Å². The fraction of sp³-hybridized carbons (Fsp3) is 0.571. The highest BCUT2D eigenvalue weighted by atomic mass is 35.5. The molecule has 2 aromatic rings. The number of hydrogen-bond donors (Lipinski definition) is 3. The van der Waals surface area contributed by atoms with Crippen molar-refractivity contribution >= 4 is 40.9 Å². The molecule has 0 aromatic heterocycles. The molecule has 3 saturated heterocycles. The summed E-state index contributed by atoms with van der Waals surface area (Å²) in [6, 6.07) is 11.0. The standard InChI is InChI=1S/C35H49ClN8O3/c1-24-20-25(21-29(36)32(24)37)22-31(33(45)42-14-8-27(9-15-42)41-13-5-12-40(2)18-19-41)39-34(46)43-16-10-28(11-17-43)44-23-26-6-3-4-7-30(26)38-35(44)47/h3-4,6-7,20-21,27-28,31H,5,8-19,22-23,37H2,1-2H3,(H,38,47)(H,39,46)/t31-/m1/s1. The maximum atomic E-state index is 14.1.